The zero-order chi connectivity index (χ0) is 13.9. The van der Waals surface area contributed by atoms with Crippen LogP contribution in [0.2, 0.25) is 0 Å². The van der Waals surface area contributed by atoms with Gasteiger partial charge in [0.15, 0.2) is 0 Å². The normalized spacial score (nSPS) is 10.7. The van der Waals surface area contributed by atoms with Crippen LogP contribution in [0.1, 0.15) is 9.67 Å². The first kappa shape index (κ1) is 13.2. The second kappa shape index (κ2) is 5.69. The van der Waals surface area contributed by atoms with E-state index in [9.17, 15) is 4.79 Å². The summed E-state index contributed by atoms with van der Waals surface area (Å²) in [7, 11) is 0. The SMILES string of the molecule is CSc1ccccc1NC(=O)c1cc2ccccc2s1. The van der Waals surface area contributed by atoms with Gasteiger partial charge in [-0.3, -0.25) is 4.79 Å². The van der Waals surface area contributed by atoms with Crippen LogP contribution in [0.5, 0.6) is 0 Å². The summed E-state index contributed by atoms with van der Waals surface area (Å²) in [5, 5.41) is 4.10. The Morgan fingerprint density at radius 3 is 2.65 bits per heavy atom. The Kier molecular flexibility index (Phi) is 3.76. The van der Waals surface area contributed by atoms with Crippen molar-refractivity contribution in [2.24, 2.45) is 0 Å². The number of thioether (sulfide) groups is 1. The minimum absolute atomic E-state index is 0.0484. The molecule has 1 amide bonds. The van der Waals surface area contributed by atoms with E-state index in [1.54, 1.807) is 11.8 Å². The lowest BCUT2D eigenvalue weighted by Crippen LogP contribution is -2.10. The van der Waals surface area contributed by atoms with Crippen molar-refractivity contribution in [2.45, 2.75) is 4.90 Å². The number of fused-ring (bicyclic) bond motifs is 1. The number of carbonyl (C=O) groups excluding carboxylic acids is 1. The lowest BCUT2D eigenvalue weighted by molar-refractivity contribution is 0.103. The largest absolute Gasteiger partial charge is 0.320 e. The third-order valence-electron chi connectivity index (χ3n) is 3.00. The highest BCUT2D eigenvalue weighted by atomic mass is 32.2. The maximum atomic E-state index is 12.3. The highest BCUT2D eigenvalue weighted by Crippen LogP contribution is 2.28. The standard InChI is InChI=1S/C16H13NOS2/c1-19-14-9-5-3-7-12(14)17-16(18)15-10-11-6-2-4-8-13(11)20-15/h2-10H,1H3,(H,17,18). The number of hydrogen-bond donors (Lipinski definition) is 1. The van der Waals surface area contributed by atoms with E-state index in [4.69, 9.17) is 0 Å². The third kappa shape index (κ3) is 2.57. The predicted molar refractivity (Wildman–Crippen MR) is 88.0 cm³/mol. The molecule has 1 N–H and O–H groups in total. The first-order chi connectivity index (χ1) is 9.78. The molecule has 20 heavy (non-hydrogen) atoms. The molecule has 0 fully saturated rings. The van der Waals surface area contributed by atoms with Crippen LogP contribution in [0.15, 0.2) is 59.5 Å². The molecule has 0 bridgehead atoms. The summed E-state index contributed by atoms with van der Waals surface area (Å²) in [5.41, 5.74) is 0.863. The molecular weight excluding hydrogens is 286 g/mol. The fourth-order valence-corrected chi connectivity index (χ4v) is 3.54. The van der Waals surface area contributed by atoms with Crippen molar-refractivity contribution < 1.29 is 4.79 Å². The van der Waals surface area contributed by atoms with E-state index >= 15 is 0 Å². The number of amides is 1. The minimum Gasteiger partial charge on any atom is -0.320 e. The van der Waals surface area contributed by atoms with Gasteiger partial charge < -0.3 is 5.32 Å². The van der Waals surface area contributed by atoms with Crippen LogP contribution in [-0.2, 0) is 0 Å². The minimum atomic E-state index is -0.0484. The molecule has 0 radical (unpaired) electrons. The van der Waals surface area contributed by atoms with Crippen LogP contribution in [-0.4, -0.2) is 12.2 Å². The average molecular weight is 299 g/mol. The lowest BCUT2D eigenvalue weighted by Gasteiger charge is -2.07. The molecule has 0 aliphatic carbocycles. The van der Waals surface area contributed by atoms with Gasteiger partial charge in [0.1, 0.15) is 0 Å². The molecule has 0 saturated carbocycles. The molecule has 0 unspecified atom stereocenters. The van der Waals surface area contributed by atoms with Crippen molar-refractivity contribution in [3.63, 3.8) is 0 Å². The molecule has 2 nitrogen and oxygen atoms in total. The van der Waals surface area contributed by atoms with Gasteiger partial charge in [-0.25, -0.2) is 0 Å². The Bertz CT molecular complexity index is 731. The van der Waals surface area contributed by atoms with Crippen LogP contribution in [0, 0.1) is 0 Å². The van der Waals surface area contributed by atoms with Gasteiger partial charge in [-0.1, -0.05) is 30.3 Å². The molecule has 0 spiro atoms. The maximum absolute atomic E-state index is 12.3. The average Bonchev–Trinajstić information content (AvgIpc) is 2.92. The number of rotatable bonds is 3. The van der Waals surface area contributed by atoms with Gasteiger partial charge in [0.05, 0.1) is 10.6 Å². The Morgan fingerprint density at radius 2 is 1.85 bits per heavy atom. The van der Waals surface area contributed by atoms with Gasteiger partial charge in [0.2, 0.25) is 0 Å². The molecule has 3 rings (SSSR count). The van der Waals surface area contributed by atoms with Crippen molar-refractivity contribution in [2.75, 3.05) is 11.6 Å². The molecule has 0 atom stereocenters. The van der Waals surface area contributed by atoms with Gasteiger partial charge in [-0.05, 0) is 35.9 Å². The highest BCUT2D eigenvalue weighted by molar-refractivity contribution is 7.98. The van der Waals surface area contributed by atoms with Crippen molar-refractivity contribution in [1.82, 2.24) is 0 Å². The second-order valence-corrected chi connectivity index (χ2v) is 6.23. The van der Waals surface area contributed by atoms with Crippen molar-refractivity contribution in [3.05, 3.63) is 59.5 Å². The van der Waals surface area contributed by atoms with Gasteiger partial charge in [0.25, 0.3) is 5.91 Å². The van der Waals surface area contributed by atoms with Gasteiger partial charge in [0, 0.05) is 9.60 Å². The fourth-order valence-electron chi connectivity index (χ4n) is 2.03. The molecule has 0 aliphatic heterocycles. The molecule has 0 aliphatic rings. The number of benzene rings is 2. The zero-order valence-electron chi connectivity index (χ0n) is 10.9. The number of para-hydroxylation sites is 1. The smallest absolute Gasteiger partial charge is 0.265 e. The van der Waals surface area contributed by atoms with Crippen molar-refractivity contribution in [1.29, 1.82) is 0 Å². The van der Waals surface area contributed by atoms with Crippen LogP contribution in [0.3, 0.4) is 0 Å². The molecule has 4 heteroatoms. The summed E-state index contributed by atoms with van der Waals surface area (Å²) < 4.78 is 1.14. The van der Waals surface area contributed by atoms with Gasteiger partial charge in [-0.2, -0.15) is 0 Å². The molecule has 3 aromatic rings. The van der Waals surface area contributed by atoms with Crippen molar-refractivity contribution >= 4 is 44.8 Å². The number of hydrogen-bond acceptors (Lipinski definition) is 3. The van der Waals surface area contributed by atoms with E-state index in [1.807, 2.05) is 60.9 Å². The van der Waals surface area contributed by atoms with Gasteiger partial charge in [-0.15, -0.1) is 23.1 Å². The molecule has 100 valence electrons. The summed E-state index contributed by atoms with van der Waals surface area (Å²) in [5.74, 6) is -0.0484. The highest BCUT2D eigenvalue weighted by Gasteiger charge is 2.11. The summed E-state index contributed by atoms with van der Waals surface area (Å²) in [6.07, 6.45) is 2.00. The second-order valence-electron chi connectivity index (χ2n) is 4.30. The summed E-state index contributed by atoms with van der Waals surface area (Å²) in [6.45, 7) is 0. The molecular formula is C16H13NOS2. The van der Waals surface area contributed by atoms with Crippen LogP contribution in [0.4, 0.5) is 5.69 Å². The fraction of sp³-hybridized carbons (Fsp3) is 0.0625. The topological polar surface area (TPSA) is 29.1 Å². The summed E-state index contributed by atoms with van der Waals surface area (Å²) in [4.78, 5) is 14.2. The number of anilines is 1. The van der Waals surface area contributed by atoms with Crippen LogP contribution < -0.4 is 5.32 Å². The summed E-state index contributed by atoms with van der Waals surface area (Å²) in [6, 6.07) is 17.8. The monoisotopic (exact) mass is 299 g/mol. The first-order valence-corrected chi connectivity index (χ1v) is 8.25. The predicted octanol–water partition coefficient (Wildman–Crippen LogP) is 4.88. The Hall–Kier alpha value is -1.78. The van der Waals surface area contributed by atoms with E-state index < -0.39 is 0 Å². The first-order valence-electron chi connectivity index (χ1n) is 6.21. The van der Waals surface area contributed by atoms with E-state index in [1.165, 1.54) is 11.3 Å². The van der Waals surface area contributed by atoms with Crippen molar-refractivity contribution in [3.8, 4) is 0 Å². The van der Waals surface area contributed by atoms with E-state index in [0.29, 0.717) is 0 Å². The molecule has 2 aromatic carbocycles. The number of thiophene rings is 1. The lowest BCUT2D eigenvalue weighted by atomic mass is 10.2. The van der Waals surface area contributed by atoms with E-state index in [0.717, 1.165) is 25.5 Å². The third-order valence-corrected chi connectivity index (χ3v) is 4.92. The quantitative estimate of drug-likeness (QED) is 0.699. The number of nitrogens with one attached hydrogen (secondary N) is 1. The Balaban J connectivity index is 1.89. The Labute approximate surface area is 125 Å². The number of carbonyl (C=O) groups is 1. The molecule has 1 aromatic heterocycles. The zero-order valence-corrected chi connectivity index (χ0v) is 12.6. The van der Waals surface area contributed by atoms with Crippen LogP contribution in [0.25, 0.3) is 10.1 Å². The maximum Gasteiger partial charge on any atom is 0.265 e. The van der Waals surface area contributed by atoms with Gasteiger partial charge >= 0.3 is 0 Å². The van der Waals surface area contributed by atoms with Crippen LogP contribution >= 0.6 is 23.1 Å². The molecule has 1 heterocycles. The Morgan fingerprint density at radius 1 is 1.10 bits per heavy atom. The van der Waals surface area contributed by atoms with E-state index in [-0.39, 0.29) is 5.91 Å². The summed E-state index contributed by atoms with van der Waals surface area (Å²) >= 11 is 3.15. The van der Waals surface area contributed by atoms with E-state index in [2.05, 4.69) is 5.32 Å². The molecule has 0 saturated heterocycles.